The number of carbonyl (C=O) groups excluding carboxylic acids is 1. The lowest BCUT2D eigenvalue weighted by Crippen LogP contribution is -2.28. The molecule has 2 rings (SSSR count). The average molecular weight is 193 g/mol. The Kier molecular flexibility index (Phi) is 1.84. The summed E-state index contributed by atoms with van der Waals surface area (Å²) in [5.41, 5.74) is 6.01. The molecule has 1 fully saturated rings. The molecule has 0 unspecified atom stereocenters. The van der Waals surface area contributed by atoms with Crippen LogP contribution in [0.15, 0.2) is 29.2 Å². The predicted molar refractivity (Wildman–Crippen MR) is 53.8 cm³/mol. The first-order valence-corrected chi connectivity index (χ1v) is 4.69. The van der Waals surface area contributed by atoms with Crippen LogP contribution in [0, 0.1) is 0 Å². The van der Waals surface area contributed by atoms with E-state index in [0.717, 1.165) is 23.3 Å². The summed E-state index contributed by atoms with van der Waals surface area (Å²) >= 11 is 4.18. The van der Waals surface area contributed by atoms with Crippen molar-refractivity contribution in [3.63, 3.8) is 0 Å². The van der Waals surface area contributed by atoms with E-state index >= 15 is 0 Å². The van der Waals surface area contributed by atoms with Crippen LogP contribution in [0.3, 0.4) is 0 Å². The molecule has 0 atom stereocenters. The highest BCUT2D eigenvalue weighted by atomic mass is 32.1. The second kappa shape index (κ2) is 2.77. The van der Waals surface area contributed by atoms with E-state index in [4.69, 9.17) is 5.73 Å². The fourth-order valence-corrected chi connectivity index (χ4v) is 1.73. The molecule has 2 nitrogen and oxygen atoms in total. The lowest BCUT2D eigenvalue weighted by atomic mass is 9.95. The van der Waals surface area contributed by atoms with Crippen molar-refractivity contribution in [3.8, 4) is 0 Å². The van der Waals surface area contributed by atoms with Gasteiger partial charge in [0.15, 0.2) is 0 Å². The average Bonchev–Trinajstić information content (AvgIpc) is 2.86. The number of hydrogen-bond donors (Lipinski definition) is 2. The molecular weight excluding hydrogens is 182 g/mol. The van der Waals surface area contributed by atoms with Gasteiger partial charge in [-0.05, 0) is 30.5 Å². The molecule has 13 heavy (non-hydrogen) atoms. The van der Waals surface area contributed by atoms with E-state index in [-0.39, 0.29) is 11.3 Å². The molecule has 1 aromatic carbocycles. The summed E-state index contributed by atoms with van der Waals surface area (Å²) in [5, 5.41) is 0. The number of hydrogen-bond acceptors (Lipinski definition) is 2. The third kappa shape index (κ3) is 1.33. The Morgan fingerprint density at radius 2 is 1.85 bits per heavy atom. The summed E-state index contributed by atoms with van der Waals surface area (Å²) in [6, 6.07) is 7.64. The molecule has 0 spiro atoms. The zero-order chi connectivity index (χ0) is 9.47. The van der Waals surface area contributed by atoms with Crippen molar-refractivity contribution >= 4 is 18.5 Å². The lowest BCUT2D eigenvalue weighted by molar-refractivity contribution is -0.120. The van der Waals surface area contributed by atoms with Gasteiger partial charge < -0.3 is 5.73 Å². The number of thiol groups is 1. The van der Waals surface area contributed by atoms with E-state index in [1.807, 2.05) is 24.3 Å². The van der Waals surface area contributed by atoms with Gasteiger partial charge in [0.2, 0.25) is 5.91 Å². The third-order valence-corrected chi connectivity index (χ3v) is 2.94. The molecule has 0 saturated heterocycles. The molecule has 0 aliphatic heterocycles. The largest absolute Gasteiger partial charge is 0.369 e. The van der Waals surface area contributed by atoms with Gasteiger partial charge in [0.1, 0.15) is 0 Å². The molecule has 0 heterocycles. The normalized spacial score (nSPS) is 18.2. The summed E-state index contributed by atoms with van der Waals surface area (Å²) in [6.07, 6.45) is 1.77. The molecular formula is C10H11NOS. The highest BCUT2D eigenvalue weighted by Crippen LogP contribution is 2.47. The molecule has 1 aliphatic rings. The van der Waals surface area contributed by atoms with Crippen molar-refractivity contribution in [2.24, 2.45) is 5.73 Å². The minimum absolute atomic E-state index is 0.209. The van der Waals surface area contributed by atoms with Gasteiger partial charge in [0.05, 0.1) is 5.41 Å². The van der Waals surface area contributed by atoms with E-state index in [2.05, 4.69) is 12.6 Å². The van der Waals surface area contributed by atoms with Crippen LogP contribution < -0.4 is 5.73 Å². The Morgan fingerprint density at radius 3 is 2.23 bits per heavy atom. The molecule has 0 aromatic heterocycles. The Hall–Kier alpha value is -0.960. The Balaban J connectivity index is 2.36. The van der Waals surface area contributed by atoms with Gasteiger partial charge in [-0.1, -0.05) is 12.1 Å². The molecule has 2 N–H and O–H groups in total. The molecule has 1 saturated carbocycles. The van der Waals surface area contributed by atoms with Crippen LogP contribution in [0.2, 0.25) is 0 Å². The highest BCUT2D eigenvalue weighted by Gasteiger charge is 2.49. The van der Waals surface area contributed by atoms with Crippen LogP contribution in [0.4, 0.5) is 0 Å². The van der Waals surface area contributed by atoms with Gasteiger partial charge >= 0.3 is 0 Å². The third-order valence-electron chi connectivity index (χ3n) is 2.64. The summed E-state index contributed by atoms with van der Waals surface area (Å²) in [6.45, 7) is 0. The smallest absolute Gasteiger partial charge is 0.228 e. The standard InChI is InChI=1S/C10H11NOS/c11-9(12)10(5-6-10)7-1-3-8(13)4-2-7/h1-4,13H,5-6H2,(H2,11,12). The minimum Gasteiger partial charge on any atom is -0.369 e. The van der Waals surface area contributed by atoms with Crippen molar-refractivity contribution in [1.29, 1.82) is 0 Å². The van der Waals surface area contributed by atoms with Gasteiger partial charge in [0.25, 0.3) is 0 Å². The zero-order valence-electron chi connectivity index (χ0n) is 7.16. The molecule has 68 valence electrons. The van der Waals surface area contributed by atoms with Crippen molar-refractivity contribution in [3.05, 3.63) is 29.8 Å². The number of primary amides is 1. The van der Waals surface area contributed by atoms with Crippen LogP contribution in [-0.2, 0) is 10.2 Å². The number of amides is 1. The number of nitrogens with two attached hydrogens (primary N) is 1. The fourth-order valence-electron chi connectivity index (χ4n) is 1.58. The van der Waals surface area contributed by atoms with Crippen molar-refractivity contribution in [2.75, 3.05) is 0 Å². The second-order valence-electron chi connectivity index (χ2n) is 3.49. The van der Waals surface area contributed by atoms with Crippen LogP contribution in [0.25, 0.3) is 0 Å². The summed E-state index contributed by atoms with van der Waals surface area (Å²) in [5.74, 6) is -0.209. The molecule has 1 aliphatic carbocycles. The first-order valence-electron chi connectivity index (χ1n) is 4.24. The maximum atomic E-state index is 11.2. The van der Waals surface area contributed by atoms with Crippen molar-refractivity contribution in [1.82, 2.24) is 0 Å². The summed E-state index contributed by atoms with van der Waals surface area (Å²) in [7, 11) is 0. The van der Waals surface area contributed by atoms with E-state index in [1.165, 1.54) is 0 Å². The Morgan fingerprint density at radius 1 is 1.31 bits per heavy atom. The Labute approximate surface area is 82.5 Å². The van der Waals surface area contributed by atoms with Crippen molar-refractivity contribution in [2.45, 2.75) is 23.2 Å². The monoisotopic (exact) mass is 193 g/mol. The van der Waals surface area contributed by atoms with Crippen molar-refractivity contribution < 1.29 is 4.79 Å². The quantitative estimate of drug-likeness (QED) is 0.687. The van der Waals surface area contributed by atoms with E-state index < -0.39 is 0 Å². The number of carbonyl (C=O) groups is 1. The van der Waals surface area contributed by atoms with Gasteiger partial charge in [-0.15, -0.1) is 12.6 Å². The molecule has 3 heteroatoms. The van der Waals surface area contributed by atoms with Crippen LogP contribution in [-0.4, -0.2) is 5.91 Å². The Bertz CT molecular complexity index is 340. The van der Waals surface area contributed by atoms with Gasteiger partial charge in [0, 0.05) is 4.90 Å². The van der Waals surface area contributed by atoms with Crippen LogP contribution in [0.1, 0.15) is 18.4 Å². The first-order chi connectivity index (χ1) is 6.15. The number of benzene rings is 1. The highest BCUT2D eigenvalue weighted by molar-refractivity contribution is 7.80. The topological polar surface area (TPSA) is 43.1 Å². The number of rotatable bonds is 2. The summed E-state index contributed by atoms with van der Waals surface area (Å²) < 4.78 is 0. The van der Waals surface area contributed by atoms with Crippen LogP contribution in [0.5, 0.6) is 0 Å². The fraction of sp³-hybridized carbons (Fsp3) is 0.300. The lowest BCUT2D eigenvalue weighted by Gasteiger charge is -2.10. The SMILES string of the molecule is NC(=O)C1(c2ccc(S)cc2)CC1. The molecule has 0 radical (unpaired) electrons. The second-order valence-corrected chi connectivity index (χ2v) is 4.01. The van der Waals surface area contributed by atoms with E-state index in [1.54, 1.807) is 0 Å². The molecule has 0 bridgehead atoms. The minimum atomic E-state index is -0.360. The summed E-state index contributed by atoms with van der Waals surface area (Å²) in [4.78, 5) is 12.1. The predicted octanol–water partition coefficient (Wildman–Crippen LogP) is 1.49. The zero-order valence-corrected chi connectivity index (χ0v) is 8.05. The molecule has 1 aromatic rings. The van der Waals surface area contributed by atoms with Gasteiger partial charge in [-0.2, -0.15) is 0 Å². The van der Waals surface area contributed by atoms with Gasteiger partial charge in [-0.25, -0.2) is 0 Å². The van der Waals surface area contributed by atoms with E-state index in [9.17, 15) is 4.79 Å². The van der Waals surface area contributed by atoms with Gasteiger partial charge in [-0.3, -0.25) is 4.79 Å². The van der Waals surface area contributed by atoms with Crippen LogP contribution >= 0.6 is 12.6 Å². The van der Waals surface area contributed by atoms with E-state index in [0.29, 0.717) is 0 Å². The molecule has 1 amide bonds. The maximum absolute atomic E-state index is 11.2. The first kappa shape index (κ1) is 8.63. The maximum Gasteiger partial charge on any atom is 0.228 e.